The molecule has 0 fully saturated rings. The van der Waals surface area contributed by atoms with Crippen LogP contribution >= 0.6 is 0 Å². The van der Waals surface area contributed by atoms with Gasteiger partial charge >= 0.3 is 0 Å². The second-order valence-electron chi connectivity index (χ2n) is 1.85. The fourth-order valence-electron chi connectivity index (χ4n) is 0.528. The van der Waals surface area contributed by atoms with Gasteiger partial charge in [0.15, 0.2) is 6.29 Å². The Balaban J connectivity index is 3.31. The van der Waals surface area contributed by atoms with Gasteiger partial charge in [-0.3, -0.25) is 4.79 Å². The molecule has 0 saturated carbocycles. The van der Waals surface area contributed by atoms with Gasteiger partial charge in [-0.2, -0.15) is 0 Å². The molecule has 1 atom stereocenters. The molecule has 0 bridgehead atoms. The molecule has 0 spiro atoms. The zero-order valence-corrected chi connectivity index (χ0v) is 5.35. The molecule has 0 amide bonds. The summed E-state index contributed by atoms with van der Waals surface area (Å²) in [6.45, 7) is 3.94. The van der Waals surface area contributed by atoms with Crippen molar-refractivity contribution in [3.63, 3.8) is 0 Å². The van der Waals surface area contributed by atoms with Crippen LogP contribution in [0, 0.1) is 5.92 Å². The van der Waals surface area contributed by atoms with Crippen molar-refractivity contribution in [2.24, 2.45) is 5.92 Å². The molecular weight excluding hydrogens is 100 g/mol. The normalized spacial score (nSPS) is 14.2. The average molecular weight is 111 g/mol. The van der Waals surface area contributed by atoms with E-state index in [0.29, 0.717) is 12.3 Å². The van der Waals surface area contributed by atoms with Crippen LogP contribution in [-0.2, 0) is 4.79 Å². The lowest BCUT2D eigenvalue weighted by Gasteiger charge is -1.94. The summed E-state index contributed by atoms with van der Waals surface area (Å²) in [5, 5.41) is 0. The average Bonchev–Trinajstić information content (AvgIpc) is 1.68. The van der Waals surface area contributed by atoms with Crippen molar-refractivity contribution in [3.05, 3.63) is 12.2 Å². The molecule has 0 aromatic rings. The summed E-state index contributed by atoms with van der Waals surface area (Å²) in [6.07, 6.45) is 6.31. The highest BCUT2D eigenvalue weighted by molar-refractivity contribution is 5.51. The van der Waals surface area contributed by atoms with Crippen molar-refractivity contribution in [1.29, 1.82) is 0 Å². The SMILES string of the molecule is C/C=C/C(C)C[C]=O. The highest BCUT2D eigenvalue weighted by atomic mass is 16.1. The predicted octanol–water partition coefficient (Wildman–Crippen LogP) is 1.70. The Hall–Kier alpha value is -0.590. The highest BCUT2D eigenvalue weighted by Crippen LogP contribution is 1.99. The van der Waals surface area contributed by atoms with Crippen LogP contribution in [0.25, 0.3) is 0 Å². The van der Waals surface area contributed by atoms with E-state index < -0.39 is 0 Å². The van der Waals surface area contributed by atoms with Gasteiger partial charge in [-0.05, 0) is 12.8 Å². The molecule has 8 heavy (non-hydrogen) atoms. The number of carbonyl (C=O) groups excluding carboxylic acids is 1. The lowest BCUT2D eigenvalue weighted by molar-refractivity contribution is 0.542. The maximum Gasteiger partial charge on any atom is 0.198 e. The summed E-state index contributed by atoms with van der Waals surface area (Å²) >= 11 is 0. The Morgan fingerprint density at radius 3 is 2.75 bits per heavy atom. The minimum Gasteiger partial charge on any atom is -0.291 e. The maximum absolute atomic E-state index is 9.73. The number of hydrogen-bond acceptors (Lipinski definition) is 1. The lowest BCUT2D eigenvalue weighted by atomic mass is 10.1. The molecule has 1 heteroatoms. The first kappa shape index (κ1) is 7.41. The zero-order valence-electron chi connectivity index (χ0n) is 5.35. The minimum atomic E-state index is 0.359. The van der Waals surface area contributed by atoms with Gasteiger partial charge in [-0.25, -0.2) is 0 Å². The third-order valence-corrected chi connectivity index (χ3v) is 0.926. The quantitative estimate of drug-likeness (QED) is 0.506. The molecule has 1 nitrogen and oxygen atoms in total. The first-order chi connectivity index (χ1) is 3.81. The predicted molar refractivity (Wildman–Crippen MR) is 34.3 cm³/mol. The summed E-state index contributed by atoms with van der Waals surface area (Å²) in [7, 11) is 0. The fourth-order valence-corrected chi connectivity index (χ4v) is 0.528. The fraction of sp³-hybridized carbons (Fsp3) is 0.571. The number of hydrogen-bond donors (Lipinski definition) is 0. The Morgan fingerprint density at radius 1 is 1.75 bits per heavy atom. The van der Waals surface area contributed by atoms with Gasteiger partial charge in [-0.15, -0.1) is 0 Å². The van der Waals surface area contributed by atoms with Crippen molar-refractivity contribution in [1.82, 2.24) is 0 Å². The first-order valence-electron chi connectivity index (χ1n) is 2.79. The second-order valence-corrected chi connectivity index (χ2v) is 1.85. The maximum atomic E-state index is 9.73. The van der Waals surface area contributed by atoms with E-state index in [1.807, 2.05) is 32.3 Å². The molecule has 1 unspecified atom stereocenters. The van der Waals surface area contributed by atoms with Crippen LogP contribution in [0.5, 0.6) is 0 Å². The van der Waals surface area contributed by atoms with E-state index in [0.717, 1.165) is 0 Å². The van der Waals surface area contributed by atoms with E-state index in [4.69, 9.17) is 0 Å². The van der Waals surface area contributed by atoms with Crippen molar-refractivity contribution in [2.75, 3.05) is 0 Å². The topological polar surface area (TPSA) is 17.1 Å². The summed E-state index contributed by atoms with van der Waals surface area (Å²) in [6, 6.07) is 0. The van der Waals surface area contributed by atoms with Crippen LogP contribution in [0.15, 0.2) is 12.2 Å². The van der Waals surface area contributed by atoms with Gasteiger partial charge < -0.3 is 0 Å². The molecule has 0 aromatic carbocycles. The third-order valence-electron chi connectivity index (χ3n) is 0.926. The van der Waals surface area contributed by atoms with Crippen molar-refractivity contribution >= 4 is 6.29 Å². The van der Waals surface area contributed by atoms with E-state index in [2.05, 4.69) is 0 Å². The first-order valence-corrected chi connectivity index (χ1v) is 2.79. The van der Waals surface area contributed by atoms with E-state index in [9.17, 15) is 4.79 Å². The van der Waals surface area contributed by atoms with Crippen LogP contribution < -0.4 is 0 Å². The Morgan fingerprint density at radius 2 is 2.38 bits per heavy atom. The monoisotopic (exact) mass is 111 g/mol. The molecule has 0 aromatic heterocycles. The van der Waals surface area contributed by atoms with E-state index >= 15 is 0 Å². The molecule has 0 aliphatic heterocycles. The van der Waals surface area contributed by atoms with Crippen molar-refractivity contribution in [2.45, 2.75) is 20.3 Å². The lowest BCUT2D eigenvalue weighted by Crippen LogP contribution is -1.87. The Kier molecular flexibility index (Phi) is 4.23. The van der Waals surface area contributed by atoms with Gasteiger partial charge in [0, 0.05) is 6.42 Å². The Labute approximate surface area is 50.4 Å². The molecular formula is C7H11O. The second kappa shape index (κ2) is 4.57. The molecule has 0 heterocycles. The summed E-state index contributed by atoms with van der Waals surface area (Å²) in [5.41, 5.74) is 0. The van der Waals surface area contributed by atoms with Crippen molar-refractivity contribution < 1.29 is 4.79 Å². The van der Waals surface area contributed by atoms with Crippen LogP contribution in [0.3, 0.4) is 0 Å². The van der Waals surface area contributed by atoms with E-state index in [-0.39, 0.29) is 0 Å². The van der Waals surface area contributed by atoms with Gasteiger partial charge in [0.2, 0.25) is 0 Å². The smallest absolute Gasteiger partial charge is 0.198 e. The van der Waals surface area contributed by atoms with Gasteiger partial charge in [0.05, 0.1) is 0 Å². The molecule has 0 rings (SSSR count). The third kappa shape index (κ3) is 3.59. The highest BCUT2D eigenvalue weighted by Gasteiger charge is 1.91. The molecule has 0 aliphatic rings. The van der Waals surface area contributed by atoms with Gasteiger partial charge in [0.25, 0.3) is 0 Å². The van der Waals surface area contributed by atoms with Crippen LogP contribution in [0.4, 0.5) is 0 Å². The largest absolute Gasteiger partial charge is 0.291 e. The zero-order chi connectivity index (χ0) is 6.41. The van der Waals surface area contributed by atoms with Gasteiger partial charge in [0.1, 0.15) is 0 Å². The molecule has 45 valence electrons. The minimum absolute atomic E-state index is 0.359. The molecule has 0 aliphatic carbocycles. The van der Waals surface area contributed by atoms with Crippen LogP contribution in [0.2, 0.25) is 0 Å². The van der Waals surface area contributed by atoms with Crippen LogP contribution in [-0.4, -0.2) is 6.29 Å². The molecule has 1 radical (unpaired) electrons. The van der Waals surface area contributed by atoms with E-state index in [1.54, 1.807) is 0 Å². The Bertz CT molecular complexity index is 84.4. The molecule has 0 N–H and O–H groups in total. The standard InChI is InChI=1S/C7H11O/c1-3-4-7(2)5-6-8/h3-4,7H,5H2,1-2H3/b4-3+. The van der Waals surface area contributed by atoms with Gasteiger partial charge in [-0.1, -0.05) is 19.1 Å². The summed E-state index contributed by atoms with van der Waals surface area (Å²) in [4.78, 5) is 9.73. The van der Waals surface area contributed by atoms with E-state index in [1.165, 1.54) is 0 Å². The summed E-state index contributed by atoms with van der Waals surface area (Å²) < 4.78 is 0. The number of allylic oxidation sites excluding steroid dienone is 2. The summed E-state index contributed by atoms with van der Waals surface area (Å²) in [5.74, 6) is 0.359. The molecule has 0 saturated heterocycles. The van der Waals surface area contributed by atoms with Crippen molar-refractivity contribution in [3.8, 4) is 0 Å². The number of rotatable bonds is 3. The van der Waals surface area contributed by atoms with Crippen LogP contribution in [0.1, 0.15) is 20.3 Å².